The molecule has 1 saturated heterocycles. The average Bonchev–Trinajstić information content (AvgIpc) is 3.20. The van der Waals surface area contributed by atoms with Crippen LogP contribution >= 0.6 is 0 Å². The lowest BCUT2D eigenvalue weighted by Gasteiger charge is -2.26. The second kappa shape index (κ2) is 10.1. The fraction of sp³-hybridized carbons (Fsp3) is 0.450. The van der Waals surface area contributed by atoms with Crippen molar-refractivity contribution in [3.05, 3.63) is 48.3 Å². The molecule has 0 amide bonds. The van der Waals surface area contributed by atoms with Gasteiger partial charge in [-0.15, -0.1) is 15.3 Å². The Balaban J connectivity index is 1.30. The van der Waals surface area contributed by atoms with Crippen LogP contribution in [0.2, 0.25) is 0 Å². The minimum atomic E-state index is -3.55. The van der Waals surface area contributed by atoms with Crippen molar-refractivity contribution in [1.29, 1.82) is 0 Å². The predicted molar refractivity (Wildman–Crippen MR) is 116 cm³/mol. The summed E-state index contributed by atoms with van der Waals surface area (Å²) < 4.78 is 34.3. The zero-order valence-electron chi connectivity index (χ0n) is 17.3. The van der Waals surface area contributed by atoms with E-state index in [1.807, 2.05) is 12.1 Å². The molecular weight excluding hydrogens is 418 g/mol. The summed E-state index contributed by atoms with van der Waals surface area (Å²) in [6.45, 7) is 5.64. The summed E-state index contributed by atoms with van der Waals surface area (Å²) in [7, 11) is -3.55. The number of benzene rings is 1. The predicted octanol–water partition coefficient (Wildman–Crippen LogP) is 0.780. The Morgan fingerprint density at radius 1 is 1.00 bits per heavy atom. The molecule has 1 aliphatic heterocycles. The highest BCUT2D eigenvalue weighted by Gasteiger charge is 2.14. The number of aromatic nitrogens is 4. The van der Waals surface area contributed by atoms with Gasteiger partial charge in [0.25, 0.3) is 0 Å². The first-order chi connectivity index (χ1) is 15.1. The largest absolute Gasteiger partial charge is 0.379 e. The first-order valence-corrected chi connectivity index (χ1v) is 11.9. The quantitative estimate of drug-likeness (QED) is 0.440. The standard InChI is InChI=1S/C20H27N7O3S/c28-31(29,17-5-2-1-3-6-17)22-11-9-20-24-23-19-8-7-18(25-27(19)20)21-10-4-12-26-13-15-30-16-14-26/h1-3,5-8,22H,4,9-16H2,(H,21,25). The van der Waals surface area contributed by atoms with E-state index in [0.29, 0.717) is 17.9 Å². The fourth-order valence-electron chi connectivity index (χ4n) is 3.41. The van der Waals surface area contributed by atoms with Crippen molar-refractivity contribution in [2.24, 2.45) is 0 Å². The van der Waals surface area contributed by atoms with Crippen molar-refractivity contribution in [1.82, 2.24) is 29.4 Å². The zero-order chi connectivity index (χ0) is 21.5. The molecule has 3 aromatic rings. The summed E-state index contributed by atoms with van der Waals surface area (Å²) in [6.07, 6.45) is 1.39. The van der Waals surface area contributed by atoms with E-state index in [0.717, 1.165) is 51.6 Å². The Morgan fingerprint density at radius 3 is 2.61 bits per heavy atom. The van der Waals surface area contributed by atoms with Gasteiger partial charge in [-0.2, -0.15) is 4.52 Å². The van der Waals surface area contributed by atoms with E-state index < -0.39 is 10.0 Å². The maximum absolute atomic E-state index is 12.3. The van der Waals surface area contributed by atoms with Gasteiger partial charge in [-0.25, -0.2) is 13.1 Å². The van der Waals surface area contributed by atoms with Gasteiger partial charge in [-0.1, -0.05) is 18.2 Å². The van der Waals surface area contributed by atoms with E-state index in [1.165, 1.54) is 0 Å². The van der Waals surface area contributed by atoms with Gasteiger partial charge in [0.1, 0.15) is 5.82 Å². The molecule has 0 bridgehead atoms. The minimum absolute atomic E-state index is 0.205. The Kier molecular flexibility index (Phi) is 7.07. The highest BCUT2D eigenvalue weighted by molar-refractivity contribution is 7.89. The molecule has 0 spiro atoms. The molecule has 1 aliphatic rings. The summed E-state index contributed by atoms with van der Waals surface area (Å²) in [4.78, 5) is 2.64. The average molecular weight is 446 g/mol. The summed E-state index contributed by atoms with van der Waals surface area (Å²) in [6, 6.07) is 12.0. The van der Waals surface area contributed by atoms with Crippen LogP contribution in [0.15, 0.2) is 47.4 Å². The highest BCUT2D eigenvalue weighted by Crippen LogP contribution is 2.10. The van der Waals surface area contributed by atoms with Crippen LogP contribution in [0.25, 0.3) is 5.65 Å². The lowest BCUT2D eigenvalue weighted by Crippen LogP contribution is -2.37. The molecular formula is C20H27N7O3S. The number of hydrogen-bond acceptors (Lipinski definition) is 8. The SMILES string of the molecule is O=S(=O)(NCCc1nnc2ccc(NCCCN3CCOCC3)nn12)c1ccccc1. The third-order valence-electron chi connectivity index (χ3n) is 5.08. The van der Waals surface area contributed by atoms with E-state index in [9.17, 15) is 8.42 Å². The van der Waals surface area contributed by atoms with Crippen LogP contribution in [0.1, 0.15) is 12.2 Å². The minimum Gasteiger partial charge on any atom is -0.379 e. The number of nitrogens with zero attached hydrogens (tertiary/aromatic N) is 5. The topological polar surface area (TPSA) is 114 Å². The Morgan fingerprint density at radius 2 is 1.81 bits per heavy atom. The molecule has 0 unspecified atom stereocenters. The third kappa shape index (κ3) is 5.76. The van der Waals surface area contributed by atoms with Crippen molar-refractivity contribution in [3.8, 4) is 0 Å². The Hall–Kier alpha value is -2.60. The van der Waals surface area contributed by atoms with Crippen molar-refractivity contribution < 1.29 is 13.2 Å². The number of sulfonamides is 1. The molecule has 0 saturated carbocycles. The molecule has 3 heterocycles. The van der Waals surface area contributed by atoms with E-state index in [4.69, 9.17) is 4.74 Å². The van der Waals surface area contributed by atoms with E-state index in [1.54, 1.807) is 34.8 Å². The van der Waals surface area contributed by atoms with Gasteiger partial charge < -0.3 is 10.1 Å². The zero-order valence-corrected chi connectivity index (χ0v) is 18.1. The van der Waals surface area contributed by atoms with Crippen molar-refractivity contribution in [2.75, 3.05) is 51.3 Å². The maximum Gasteiger partial charge on any atom is 0.240 e. The van der Waals surface area contributed by atoms with Crippen LogP contribution in [0.4, 0.5) is 5.82 Å². The van der Waals surface area contributed by atoms with E-state index in [-0.39, 0.29) is 11.4 Å². The fourth-order valence-corrected chi connectivity index (χ4v) is 4.46. The van der Waals surface area contributed by atoms with Crippen molar-refractivity contribution in [3.63, 3.8) is 0 Å². The maximum atomic E-state index is 12.3. The number of fused-ring (bicyclic) bond motifs is 1. The van der Waals surface area contributed by atoms with Crippen LogP contribution in [0, 0.1) is 0 Å². The molecule has 0 aliphatic carbocycles. The van der Waals surface area contributed by atoms with Gasteiger partial charge in [0.05, 0.1) is 18.1 Å². The van der Waals surface area contributed by atoms with Crippen molar-refractivity contribution >= 4 is 21.5 Å². The molecule has 31 heavy (non-hydrogen) atoms. The summed E-state index contributed by atoms with van der Waals surface area (Å²) in [5.41, 5.74) is 0.625. The molecule has 11 heteroatoms. The van der Waals surface area contributed by atoms with Crippen molar-refractivity contribution in [2.45, 2.75) is 17.7 Å². The van der Waals surface area contributed by atoms with E-state index in [2.05, 4.69) is 30.2 Å². The number of nitrogens with one attached hydrogen (secondary N) is 2. The second-order valence-corrected chi connectivity index (χ2v) is 9.07. The number of ether oxygens (including phenoxy) is 1. The van der Waals surface area contributed by atoms with Crippen LogP contribution in [-0.4, -0.2) is 79.1 Å². The summed E-state index contributed by atoms with van der Waals surface area (Å²) in [5.74, 6) is 1.34. The lowest BCUT2D eigenvalue weighted by molar-refractivity contribution is 0.0378. The number of hydrogen-bond donors (Lipinski definition) is 2. The summed E-state index contributed by atoms with van der Waals surface area (Å²) >= 11 is 0. The third-order valence-corrected chi connectivity index (χ3v) is 6.56. The molecule has 1 aromatic carbocycles. The normalized spacial score (nSPS) is 15.4. The number of morpholine rings is 1. The molecule has 0 atom stereocenters. The highest BCUT2D eigenvalue weighted by atomic mass is 32.2. The van der Waals surface area contributed by atoms with Crippen LogP contribution in [0.5, 0.6) is 0 Å². The lowest BCUT2D eigenvalue weighted by atomic mass is 10.3. The van der Waals surface area contributed by atoms with Gasteiger partial charge >= 0.3 is 0 Å². The van der Waals surface area contributed by atoms with Crippen LogP contribution in [0.3, 0.4) is 0 Å². The smallest absolute Gasteiger partial charge is 0.240 e. The van der Waals surface area contributed by atoms with Gasteiger partial charge in [-0.3, -0.25) is 4.90 Å². The number of anilines is 1. The number of rotatable bonds is 10. The molecule has 2 N–H and O–H groups in total. The molecule has 1 fully saturated rings. The van der Waals surface area contributed by atoms with Gasteiger partial charge in [0, 0.05) is 32.6 Å². The molecule has 10 nitrogen and oxygen atoms in total. The Labute approximate surface area is 181 Å². The van der Waals surface area contributed by atoms with E-state index >= 15 is 0 Å². The van der Waals surface area contributed by atoms with Gasteiger partial charge in [-0.05, 0) is 37.2 Å². The second-order valence-electron chi connectivity index (χ2n) is 7.30. The first-order valence-electron chi connectivity index (χ1n) is 10.4. The molecule has 4 rings (SSSR count). The van der Waals surface area contributed by atoms with Gasteiger partial charge in [0.15, 0.2) is 11.5 Å². The van der Waals surface area contributed by atoms with Crippen LogP contribution in [-0.2, 0) is 21.2 Å². The molecule has 166 valence electrons. The first kappa shape index (κ1) is 21.6. The monoisotopic (exact) mass is 445 g/mol. The molecule has 2 aromatic heterocycles. The summed E-state index contributed by atoms with van der Waals surface area (Å²) in [5, 5.41) is 16.2. The van der Waals surface area contributed by atoms with Crippen LogP contribution < -0.4 is 10.0 Å². The molecule has 0 radical (unpaired) electrons. The Bertz CT molecular complexity index is 1080. The van der Waals surface area contributed by atoms with Gasteiger partial charge in [0.2, 0.25) is 10.0 Å².